The summed E-state index contributed by atoms with van der Waals surface area (Å²) in [6.45, 7) is 0.969. The predicted molar refractivity (Wildman–Crippen MR) is 86.8 cm³/mol. The van der Waals surface area contributed by atoms with Crippen molar-refractivity contribution in [2.24, 2.45) is 7.05 Å². The summed E-state index contributed by atoms with van der Waals surface area (Å²) in [5.74, 6) is 1.08. The molecule has 0 fully saturated rings. The van der Waals surface area contributed by atoms with Crippen LogP contribution >= 0.6 is 11.3 Å². The SMILES string of the molecule is COCCNC(=O)CCc1nnc2n(C)c(=O)c3sccc3n12. The average Bonchev–Trinajstić information content (AvgIpc) is 3.17. The molecule has 0 saturated heterocycles. The predicted octanol–water partition coefficient (Wildman–Crippen LogP) is 0.338. The summed E-state index contributed by atoms with van der Waals surface area (Å²) in [6.07, 6.45) is 0.752. The number of methoxy groups -OCH3 is 1. The summed E-state index contributed by atoms with van der Waals surface area (Å²) in [5.41, 5.74) is 0.701. The molecule has 0 unspecified atom stereocenters. The minimum absolute atomic E-state index is 0.0646. The maximum absolute atomic E-state index is 12.2. The van der Waals surface area contributed by atoms with Crippen molar-refractivity contribution in [1.82, 2.24) is 24.5 Å². The Morgan fingerprint density at radius 2 is 2.26 bits per heavy atom. The maximum Gasteiger partial charge on any atom is 0.272 e. The van der Waals surface area contributed by atoms with Crippen LogP contribution in [0.5, 0.6) is 0 Å². The zero-order chi connectivity index (χ0) is 16.4. The van der Waals surface area contributed by atoms with Gasteiger partial charge in [0.1, 0.15) is 10.5 Å². The van der Waals surface area contributed by atoms with Crippen molar-refractivity contribution in [1.29, 1.82) is 0 Å². The van der Waals surface area contributed by atoms with Gasteiger partial charge in [-0.05, 0) is 11.4 Å². The van der Waals surface area contributed by atoms with Crippen LogP contribution in [0.15, 0.2) is 16.2 Å². The molecule has 0 aromatic carbocycles. The molecule has 0 saturated carbocycles. The number of carbonyl (C=O) groups excluding carboxylic acids is 1. The Kier molecular flexibility index (Phi) is 4.39. The Morgan fingerprint density at radius 1 is 1.43 bits per heavy atom. The second-order valence-corrected chi connectivity index (χ2v) is 6.01. The van der Waals surface area contributed by atoms with E-state index in [-0.39, 0.29) is 11.5 Å². The van der Waals surface area contributed by atoms with Gasteiger partial charge in [-0.3, -0.25) is 18.6 Å². The normalized spacial score (nSPS) is 11.4. The van der Waals surface area contributed by atoms with Gasteiger partial charge in [-0.25, -0.2) is 0 Å². The lowest BCUT2D eigenvalue weighted by Gasteiger charge is -2.06. The third kappa shape index (κ3) is 2.84. The Hall–Kier alpha value is -2.26. The second kappa shape index (κ2) is 6.47. The van der Waals surface area contributed by atoms with Crippen LogP contribution in [0.25, 0.3) is 16.0 Å². The summed E-state index contributed by atoms with van der Waals surface area (Å²) in [6, 6.07) is 1.87. The van der Waals surface area contributed by atoms with Gasteiger partial charge in [-0.2, -0.15) is 0 Å². The lowest BCUT2D eigenvalue weighted by atomic mass is 10.3. The van der Waals surface area contributed by atoms with Crippen molar-refractivity contribution < 1.29 is 9.53 Å². The summed E-state index contributed by atoms with van der Waals surface area (Å²) >= 11 is 1.39. The van der Waals surface area contributed by atoms with Gasteiger partial charge in [-0.1, -0.05) is 0 Å². The molecule has 0 spiro atoms. The average molecular weight is 335 g/mol. The highest BCUT2D eigenvalue weighted by atomic mass is 32.1. The van der Waals surface area contributed by atoms with Gasteiger partial charge in [0.05, 0.1) is 12.1 Å². The molecule has 0 atom stereocenters. The van der Waals surface area contributed by atoms with Crippen LogP contribution in [0.4, 0.5) is 0 Å². The fourth-order valence-electron chi connectivity index (χ4n) is 2.42. The number of hydrogen-bond acceptors (Lipinski definition) is 6. The molecular formula is C14H17N5O3S. The first-order chi connectivity index (χ1) is 11.1. The molecule has 3 rings (SSSR count). The zero-order valence-electron chi connectivity index (χ0n) is 12.9. The van der Waals surface area contributed by atoms with Crippen molar-refractivity contribution >= 4 is 33.2 Å². The molecule has 122 valence electrons. The lowest BCUT2D eigenvalue weighted by molar-refractivity contribution is -0.121. The number of aryl methyl sites for hydroxylation is 2. The number of nitrogens with zero attached hydrogens (tertiary/aromatic N) is 4. The first-order valence-electron chi connectivity index (χ1n) is 7.19. The minimum atomic E-state index is -0.0845. The van der Waals surface area contributed by atoms with Crippen LogP contribution < -0.4 is 10.9 Å². The highest BCUT2D eigenvalue weighted by Crippen LogP contribution is 2.19. The zero-order valence-corrected chi connectivity index (χ0v) is 13.7. The monoisotopic (exact) mass is 335 g/mol. The number of nitrogens with one attached hydrogen (secondary N) is 1. The summed E-state index contributed by atoms with van der Waals surface area (Å²) in [5, 5.41) is 12.9. The molecule has 3 aromatic rings. The van der Waals surface area contributed by atoms with Crippen molar-refractivity contribution in [2.45, 2.75) is 12.8 Å². The van der Waals surface area contributed by atoms with Gasteiger partial charge < -0.3 is 10.1 Å². The number of aromatic nitrogens is 4. The molecule has 0 bridgehead atoms. The van der Waals surface area contributed by atoms with Gasteiger partial charge in [0.2, 0.25) is 11.7 Å². The molecule has 3 aromatic heterocycles. The number of thiophene rings is 1. The van der Waals surface area contributed by atoms with Crippen molar-refractivity contribution in [3.8, 4) is 0 Å². The van der Waals surface area contributed by atoms with Crippen LogP contribution in [0.1, 0.15) is 12.2 Å². The molecule has 8 nitrogen and oxygen atoms in total. The van der Waals surface area contributed by atoms with Gasteiger partial charge in [0.15, 0.2) is 0 Å². The molecular weight excluding hydrogens is 318 g/mol. The first-order valence-corrected chi connectivity index (χ1v) is 8.07. The van der Waals surface area contributed by atoms with E-state index < -0.39 is 0 Å². The van der Waals surface area contributed by atoms with E-state index in [1.165, 1.54) is 15.9 Å². The lowest BCUT2D eigenvalue weighted by Crippen LogP contribution is -2.27. The molecule has 0 aliphatic heterocycles. The van der Waals surface area contributed by atoms with E-state index in [4.69, 9.17) is 4.74 Å². The maximum atomic E-state index is 12.2. The Labute approximate surface area is 135 Å². The summed E-state index contributed by atoms with van der Waals surface area (Å²) < 4.78 is 8.87. The highest BCUT2D eigenvalue weighted by molar-refractivity contribution is 7.17. The van der Waals surface area contributed by atoms with E-state index in [0.717, 1.165) is 5.52 Å². The van der Waals surface area contributed by atoms with Crippen LogP contribution in [0.2, 0.25) is 0 Å². The number of rotatable bonds is 6. The number of carbonyl (C=O) groups is 1. The van der Waals surface area contributed by atoms with Crippen molar-refractivity contribution in [3.05, 3.63) is 27.6 Å². The Morgan fingerprint density at radius 3 is 3.04 bits per heavy atom. The van der Waals surface area contributed by atoms with E-state index in [1.54, 1.807) is 14.2 Å². The third-order valence-corrected chi connectivity index (χ3v) is 4.49. The Balaban J connectivity index is 1.88. The molecule has 9 heteroatoms. The first kappa shape index (κ1) is 15.6. The van der Waals surface area contributed by atoms with E-state index in [9.17, 15) is 9.59 Å². The number of amides is 1. The third-order valence-electron chi connectivity index (χ3n) is 3.60. The fourth-order valence-corrected chi connectivity index (χ4v) is 3.27. The molecule has 0 aliphatic rings. The standard InChI is InChI=1S/C14H17N5O3S/c1-18-13(21)12-9(5-8-23-12)19-10(16-17-14(18)19)3-4-11(20)15-6-7-22-2/h5,8H,3-4,6-7H2,1-2H3,(H,15,20). The van der Waals surface area contributed by atoms with E-state index in [2.05, 4.69) is 15.5 Å². The topological polar surface area (TPSA) is 90.5 Å². The number of hydrogen-bond donors (Lipinski definition) is 1. The largest absolute Gasteiger partial charge is 0.383 e. The second-order valence-electron chi connectivity index (χ2n) is 5.09. The van der Waals surface area contributed by atoms with E-state index >= 15 is 0 Å². The van der Waals surface area contributed by atoms with Gasteiger partial charge >= 0.3 is 0 Å². The number of ether oxygens (including phenoxy) is 1. The Bertz CT molecular complexity index is 910. The van der Waals surface area contributed by atoms with Gasteiger partial charge in [0, 0.05) is 33.5 Å². The van der Waals surface area contributed by atoms with Crippen LogP contribution in [0.3, 0.4) is 0 Å². The van der Waals surface area contributed by atoms with Crippen LogP contribution in [-0.2, 0) is 23.0 Å². The van der Waals surface area contributed by atoms with E-state index in [0.29, 0.717) is 42.3 Å². The van der Waals surface area contributed by atoms with E-state index in [1.807, 2.05) is 15.8 Å². The summed E-state index contributed by atoms with van der Waals surface area (Å²) in [4.78, 5) is 24.0. The van der Waals surface area contributed by atoms with Gasteiger partial charge in [0.25, 0.3) is 5.56 Å². The van der Waals surface area contributed by atoms with Crippen LogP contribution in [-0.4, -0.2) is 45.3 Å². The fraction of sp³-hybridized carbons (Fsp3) is 0.429. The molecule has 1 amide bonds. The number of fused-ring (bicyclic) bond motifs is 3. The summed E-state index contributed by atoms with van der Waals surface area (Å²) in [7, 11) is 3.26. The quantitative estimate of drug-likeness (QED) is 0.656. The van der Waals surface area contributed by atoms with Crippen molar-refractivity contribution in [2.75, 3.05) is 20.3 Å². The highest BCUT2D eigenvalue weighted by Gasteiger charge is 2.16. The molecule has 3 heterocycles. The van der Waals surface area contributed by atoms with Crippen LogP contribution in [0, 0.1) is 0 Å². The molecule has 0 aliphatic carbocycles. The smallest absolute Gasteiger partial charge is 0.272 e. The molecule has 0 radical (unpaired) electrons. The van der Waals surface area contributed by atoms with Crippen molar-refractivity contribution in [3.63, 3.8) is 0 Å². The molecule has 23 heavy (non-hydrogen) atoms. The van der Waals surface area contributed by atoms with Gasteiger partial charge in [-0.15, -0.1) is 21.5 Å². The molecule has 1 N–H and O–H groups in total. The minimum Gasteiger partial charge on any atom is -0.383 e.